The summed E-state index contributed by atoms with van der Waals surface area (Å²) in [4.78, 5) is 13.4. The summed E-state index contributed by atoms with van der Waals surface area (Å²) < 4.78 is 0. The third-order valence-corrected chi connectivity index (χ3v) is 3.63. The summed E-state index contributed by atoms with van der Waals surface area (Å²) >= 11 is 0. The van der Waals surface area contributed by atoms with Crippen LogP contribution in [0.4, 0.5) is 5.69 Å². The highest BCUT2D eigenvalue weighted by molar-refractivity contribution is 5.82. The Morgan fingerprint density at radius 3 is 2.83 bits per heavy atom. The van der Waals surface area contributed by atoms with E-state index in [0.717, 1.165) is 18.7 Å². The monoisotopic (exact) mass is 247 g/mol. The van der Waals surface area contributed by atoms with Gasteiger partial charge in [-0.25, -0.2) is 4.79 Å². The molecule has 1 aliphatic heterocycles. The van der Waals surface area contributed by atoms with Crippen molar-refractivity contribution in [1.82, 2.24) is 0 Å². The van der Waals surface area contributed by atoms with E-state index in [0.29, 0.717) is 6.42 Å². The van der Waals surface area contributed by atoms with Crippen LogP contribution in [0.1, 0.15) is 38.2 Å². The summed E-state index contributed by atoms with van der Waals surface area (Å²) in [6.45, 7) is 3.04. The van der Waals surface area contributed by atoms with Crippen molar-refractivity contribution >= 4 is 11.7 Å². The van der Waals surface area contributed by atoms with Gasteiger partial charge in [-0.05, 0) is 18.1 Å². The Balaban J connectivity index is 2.06. The summed E-state index contributed by atoms with van der Waals surface area (Å²) in [6, 6.07) is 7.68. The first-order valence-corrected chi connectivity index (χ1v) is 6.81. The van der Waals surface area contributed by atoms with Gasteiger partial charge in [0.15, 0.2) is 0 Å². The molecule has 0 aliphatic carbocycles. The molecule has 1 heterocycles. The number of nitrogens with zero attached hydrogens (tertiary/aromatic N) is 1. The van der Waals surface area contributed by atoms with E-state index < -0.39 is 5.97 Å². The number of unbranched alkanes of at least 4 members (excludes halogenated alkanes) is 3. The molecular formula is C15H21NO2. The van der Waals surface area contributed by atoms with Crippen molar-refractivity contribution in [3.63, 3.8) is 0 Å². The zero-order valence-electron chi connectivity index (χ0n) is 10.9. The van der Waals surface area contributed by atoms with Crippen molar-refractivity contribution in [3.05, 3.63) is 29.8 Å². The molecule has 1 aliphatic rings. The molecule has 0 fully saturated rings. The standard InChI is InChI=1S/C15H21NO2/c1-2-3-4-7-10-16-13-9-6-5-8-12(13)11-14(16)15(17)18/h5-6,8-9,14H,2-4,7,10-11H2,1H3,(H,17,18). The quantitative estimate of drug-likeness (QED) is 0.785. The largest absolute Gasteiger partial charge is 0.480 e. The van der Waals surface area contributed by atoms with Gasteiger partial charge in [0.25, 0.3) is 0 Å². The first-order chi connectivity index (χ1) is 8.74. The second-order valence-electron chi connectivity index (χ2n) is 4.94. The van der Waals surface area contributed by atoms with Crippen LogP contribution in [0.2, 0.25) is 0 Å². The van der Waals surface area contributed by atoms with Crippen LogP contribution >= 0.6 is 0 Å². The molecule has 1 aromatic carbocycles. The summed E-state index contributed by atoms with van der Waals surface area (Å²) in [6.07, 6.45) is 5.33. The molecule has 0 spiro atoms. The Kier molecular flexibility index (Phi) is 4.24. The maximum Gasteiger partial charge on any atom is 0.326 e. The molecule has 1 atom stereocenters. The number of para-hydroxylation sites is 1. The van der Waals surface area contributed by atoms with E-state index in [1.165, 1.54) is 24.8 Å². The maximum atomic E-state index is 11.3. The minimum atomic E-state index is -0.707. The van der Waals surface area contributed by atoms with Gasteiger partial charge in [0.2, 0.25) is 0 Å². The van der Waals surface area contributed by atoms with E-state index in [1.807, 2.05) is 24.3 Å². The molecule has 3 heteroatoms. The molecular weight excluding hydrogens is 226 g/mol. The zero-order chi connectivity index (χ0) is 13.0. The molecule has 1 N–H and O–H groups in total. The number of anilines is 1. The highest BCUT2D eigenvalue weighted by atomic mass is 16.4. The molecule has 2 rings (SSSR count). The van der Waals surface area contributed by atoms with Gasteiger partial charge in [0.1, 0.15) is 6.04 Å². The molecule has 0 saturated carbocycles. The third kappa shape index (κ3) is 2.66. The van der Waals surface area contributed by atoms with Crippen molar-refractivity contribution in [2.75, 3.05) is 11.4 Å². The fraction of sp³-hybridized carbons (Fsp3) is 0.533. The number of carbonyl (C=O) groups is 1. The van der Waals surface area contributed by atoms with Gasteiger partial charge in [-0.1, -0.05) is 44.4 Å². The normalized spacial score (nSPS) is 17.8. The predicted octanol–water partition coefficient (Wildman–Crippen LogP) is 3.08. The lowest BCUT2D eigenvalue weighted by molar-refractivity contribution is -0.138. The van der Waals surface area contributed by atoms with E-state index in [9.17, 15) is 9.90 Å². The summed E-state index contributed by atoms with van der Waals surface area (Å²) in [7, 11) is 0. The van der Waals surface area contributed by atoms with Gasteiger partial charge in [0, 0.05) is 18.7 Å². The van der Waals surface area contributed by atoms with E-state index in [4.69, 9.17) is 0 Å². The molecule has 18 heavy (non-hydrogen) atoms. The lowest BCUT2D eigenvalue weighted by Gasteiger charge is -2.24. The highest BCUT2D eigenvalue weighted by Gasteiger charge is 2.33. The Morgan fingerprint density at radius 2 is 2.11 bits per heavy atom. The van der Waals surface area contributed by atoms with Gasteiger partial charge in [0.05, 0.1) is 0 Å². The molecule has 3 nitrogen and oxygen atoms in total. The van der Waals surface area contributed by atoms with E-state index in [2.05, 4.69) is 11.8 Å². The van der Waals surface area contributed by atoms with Gasteiger partial charge in [-0.3, -0.25) is 0 Å². The van der Waals surface area contributed by atoms with Gasteiger partial charge in [-0.2, -0.15) is 0 Å². The van der Waals surface area contributed by atoms with Gasteiger partial charge >= 0.3 is 5.97 Å². The lowest BCUT2D eigenvalue weighted by atomic mass is 10.1. The van der Waals surface area contributed by atoms with Crippen LogP contribution in [0.25, 0.3) is 0 Å². The number of hydrogen-bond donors (Lipinski definition) is 1. The van der Waals surface area contributed by atoms with Crippen LogP contribution in [-0.4, -0.2) is 23.7 Å². The minimum absolute atomic E-state index is 0.371. The number of rotatable bonds is 6. The number of hydrogen-bond acceptors (Lipinski definition) is 2. The van der Waals surface area contributed by atoms with E-state index >= 15 is 0 Å². The zero-order valence-corrected chi connectivity index (χ0v) is 10.9. The Hall–Kier alpha value is -1.51. The summed E-state index contributed by atoms with van der Waals surface area (Å²) in [5.41, 5.74) is 2.28. The van der Waals surface area contributed by atoms with Crippen LogP contribution in [0.15, 0.2) is 24.3 Å². The van der Waals surface area contributed by atoms with Crippen molar-refractivity contribution < 1.29 is 9.90 Å². The number of carboxylic acid groups (broad SMARTS) is 1. The van der Waals surface area contributed by atoms with Crippen LogP contribution in [0.5, 0.6) is 0 Å². The maximum absolute atomic E-state index is 11.3. The molecule has 0 radical (unpaired) electrons. The van der Waals surface area contributed by atoms with Crippen LogP contribution in [-0.2, 0) is 11.2 Å². The number of benzene rings is 1. The van der Waals surface area contributed by atoms with Crippen LogP contribution < -0.4 is 4.90 Å². The average Bonchev–Trinajstić information content (AvgIpc) is 2.74. The van der Waals surface area contributed by atoms with E-state index in [1.54, 1.807) is 0 Å². The number of carboxylic acids is 1. The second-order valence-corrected chi connectivity index (χ2v) is 4.94. The van der Waals surface area contributed by atoms with Crippen LogP contribution in [0.3, 0.4) is 0 Å². The second kappa shape index (κ2) is 5.89. The fourth-order valence-electron chi connectivity index (χ4n) is 2.66. The first-order valence-electron chi connectivity index (χ1n) is 6.81. The SMILES string of the molecule is CCCCCCN1c2ccccc2CC1C(=O)O. The molecule has 98 valence electrons. The molecule has 1 unspecified atom stereocenters. The average molecular weight is 247 g/mol. The van der Waals surface area contributed by atoms with Gasteiger partial charge < -0.3 is 10.0 Å². The molecule has 1 aromatic rings. The highest BCUT2D eigenvalue weighted by Crippen LogP contribution is 2.32. The van der Waals surface area contributed by atoms with Crippen molar-refractivity contribution in [3.8, 4) is 0 Å². The van der Waals surface area contributed by atoms with E-state index in [-0.39, 0.29) is 6.04 Å². The molecule has 0 bridgehead atoms. The smallest absolute Gasteiger partial charge is 0.326 e. The molecule has 0 amide bonds. The van der Waals surface area contributed by atoms with Crippen molar-refractivity contribution in [2.24, 2.45) is 0 Å². The van der Waals surface area contributed by atoms with Gasteiger partial charge in [-0.15, -0.1) is 0 Å². The number of aliphatic carboxylic acids is 1. The third-order valence-electron chi connectivity index (χ3n) is 3.63. The first kappa shape index (κ1) is 12.9. The number of fused-ring (bicyclic) bond motifs is 1. The summed E-state index contributed by atoms with van der Waals surface area (Å²) in [5.74, 6) is -0.707. The molecule has 0 aromatic heterocycles. The lowest BCUT2D eigenvalue weighted by Crippen LogP contribution is -2.39. The van der Waals surface area contributed by atoms with Crippen molar-refractivity contribution in [1.29, 1.82) is 0 Å². The van der Waals surface area contributed by atoms with Crippen molar-refractivity contribution in [2.45, 2.75) is 45.1 Å². The predicted molar refractivity (Wildman–Crippen MR) is 73.1 cm³/mol. The fourth-order valence-corrected chi connectivity index (χ4v) is 2.66. The topological polar surface area (TPSA) is 40.5 Å². The summed E-state index contributed by atoms with van der Waals surface area (Å²) in [5, 5.41) is 9.32. The van der Waals surface area contributed by atoms with Crippen LogP contribution in [0, 0.1) is 0 Å². The Morgan fingerprint density at radius 1 is 1.33 bits per heavy atom. The Bertz CT molecular complexity index is 417. The minimum Gasteiger partial charge on any atom is -0.480 e. The molecule has 0 saturated heterocycles. The Labute approximate surface area is 108 Å².